The first-order valence-corrected chi connectivity index (χ1v) is 8.33. The zero-order valence-electron chi connectivity index (χ0n) is 13.2. The summed E-state index contributed by atoms with van der Waals surface area (Å²) in [6.45, 7) is 4.99. The minimum Gasteiger partial charge on any atom is -0.477 e. The van der Waals surface area contributed by atoms with E-state index in [9.17, 15) is 9.90 Å². The Bertz CT molecular complexity index is 543. The van der Waals surface area contributed by atoms with Gasteiger partial charge in [0.15, 0.2) is 5.69 Å². The molecule has 0 spiro atoms. The molecule has 1 N–H and O–H groups in total. The van der Waals surface area contributed by atoms with Crippen LogP contribution in [-0.4, -0.2) is 46.7 Å². The van der Waals surface area contributed by atoms with E-state index in [0.29, 0.717) is 12.0 Å². The number of anilines is 2. The third-order valence-electron chi connectivity index (χ3n) is 4.71. The van der Waals surface area contributed by atoms with Crippen LogP contribution in [-0.2, 0) is 0 Å². The summed E-state index contributed by atoms with van der Waals surface area (Å²) >= 11 is 0. The van der Waals surface area contributed by atoms with E-state index in [-0.39, 0.29) is 5.69 Å². The molecule has 1 unspecified atom stereocenters. The van der Waals surface area contributed by atoms with E-state index in [1.807, 2.05) is 0 Å². The standard InChI is InChI=1S/C16H24N4O2/c1-2-12-7-3-4-10-20(12)16-17-13(15(21)22)11-14(18-16)19-8-5-6-9-19/h11-12H,2-10H2,1H3,(H,21,22). The largest absolute Gasteiger partial charge is 0.477 e. The highest BCUT2D eigenvalue weighted by Crippen LogP contribution is 2.27. The Hall–Kier alpha value is -1.85. The van der Waals surface area contributed by atoms with Crippen LogP contribution in [0.3, 0.4) is 0 Å². The van der Waals surface area contributed by atoms with E-state index in [1.165, 1.54) is 6.42 Å². The molecular weight excluding hydrogens is 280 g/mol. The van der Waals surface area contributed by atoms with Gasteiger partial charge in [-0.05, 0) is 38.5 Å². The van der Waals surface area contributed by atoms with Gasteiger partial charge in [0.25, 0.3) is 0 Å². The molecule has 6 heteroatoms. The maximum atomic E-state index is 11.4. The lowest BCUT2D eigenvalue weighted by atomic mass is 10.0. The predicted octanol–water partition coefficient (Wildman–Crippen LogP) is 2.54. The highest BCUT2D eigenvalue weighted by molar-refractivity contribution is 5.86. The summed E-state index contributed by atoms with van der Waals surface area (Å²) in [7, 11) is 0. The molecule has 3 heterocycles. The molecule has 6 nitrogen and oxygen atoms in total. The molecular formula is C16H24N4O2. The van der Waals surface area contributed by atoms with Gasteiger partial charge in [0.05, 0.1) is 0 Å². The van der Waals surface area contributed by atoms with E-state index >= 15 is 0 Å². The molecule has 2 aliphatic heterocycles. The maximum absolute atomic E-state index is 11.4. The number of hydrogen-bond donors (Lipinski definition) is 1. The number of rotatable bonds is 4. The lowest BCUT2D eigenvalue weighted by Crippen LogP contribution is -2.40. The zero-order chi connectivity index (χ0) is 15.5. The second-order valence-electron chi connectivity index (χ2n) is 6.16. The number of carboxylic acid groups (broad SMARTS) is 1. The van der Waals surface area contributed by atoms with Crippen LogP contribution in [0.2, 0.25) is 0 Å². The fraction of sp³-hybridized carbons (Fsp3) is 0.688. The Kier molecular flexibility index (Phi) is 4.45. The molecule has 22 heavy (non-hydrogen) atoms. The average molecular weight is 304 g/mol. The second-order valence-corrected chi connectivity index (χ2v) is 6.16. The summed E-state index contributed by atoms with van der Waals surface area (Å²) < 4.78 is 0. The van der Waals surface area contributed by atoms with Gasteiger partial charge in [-0.25, -0.2) is 9.78 Å². The molecule has 0 amide bonds. The van der Waals surface area contributed by atoms with Gasteiger partial charge >= 0.3 is 5.97 Å². The molecule has 0 saturated carbocycles. The number of piperidine rings is 1. The van der Waals surface area contributed by atoms with Crippen molar-refractivity contribution in [3.05, 3.63) is 11.8 Å². The van der Waals surface area contributed by atoms with Gasteiger partial charge in [0, 0.05) is 31.7 Å². The molecule has 2 fully saturated rings. The summed E-state index contributed by atoms with van der Waals surface area (Å²) in [5.74, 6) is 0.378. The smallest absolute Gasteiger partial charge is 0.354 e. The van der Waals surface area contributed by atoms with Crippen molar-refractivity contribution >= 4 is 17.7 Å². The Morgan fingerprint density at radius 3 is 2.64 bits per heavy atom. The maximum Gasteiger partial charge on any atom is 0.354 e. The molecule has 0 aliphatic carbocycles. The molecule has 2 aliphatic rings. The topological polar surface area (TPSA) is 69.6 Å². The number of carbonyl (C=O) groups is 1. The van der Waals surface area contributed by atoms with Crippen molar-refractivity contribution in [2.24, 2.45) is 0 Å². The number of nitrogens with zero attached hydrogens (tertiary/aromatic N) is 4. The van der Waals surface area contributed by atoms with Gasteiger partial charge in [0.1, 0.15) is 5.82 Å². The first-order chi connectivity index (χ1) is 10.7. The monoisotopic (exact) mass is 304 g/mol. The third-order valence-corrected chi connectivity index (χ3v) is 4.71. The Morgan fingerprint density at radius 1 is 1.23 bits per heavy atom. The van der Waals surface area contributed by atoms with Gasteiger partial charge < -0.3 is 14.9 Å². The van der Waals surface area contributed by atoms with E-state index in [2.05, 4.69) is 21.7 Å². The van der Waals surface area contributed by atoms with Crippen LogP contribution in [0, 0.1) is 0 Å². The van der Waals surface area contributed by atoms with Crippen molar-refractivity contribution in [2.75, 3.05) is 29.4 Å². The van der Waals surface area contributed by atoms with E-state index in [4.69, 9.17) is 4.98 Å². The van der Waals surface area contributed by atoms with Crippen LogP contribution in [0.4, 0.5) is 11.8 Å². The summed E-state index contributed by atoms with van der Waals surface area (Å²) in [5.41, 5.74) is 0.104. The van der Waals surface area contributed by atoms with Gasteiger partial charge in [0.2, 0.25) is 5.95 Å². The van der Waals surface area contributed by atoms with Gasteiger partial charge in [-0.1, -0.05) is 6.92 Å². The lowest BCUT2D eigenvalue weighted by Gasteiger charge is -2.35. The third kappa shape index (κ3) is 3.00. The first kappa shape index (κ1) is 15.1. The summed E-state index contributed by atoms with van der Waals surface area (Å²) in [6.07, 6.45) is 6.81. The molecule has 1 aromatic heterocycles. The van der Waals surface area contributed by atoms with Crippen LogP contribution in [0.15, 0.2) is 6.07 Å². The van der Waals surface area contributed by atoms with Crippen LogP contribution < -0.4 is 9.80 Å². The Morgan fingerprint density at radius 2 is 1.95 bits per heavy atom. The molecule has 1 aromatic rings. The van der Waals surface area contributed by atoms with E-state index in [0.717, 1.165) is 57.6 Å². The fourth-order valence-corrected chi connectivity index (χ4v) is 3.46. The van der Waals surface area contributed by atoms with Crippen LogP contribution in [0.25, 0.3) is 0 Å². The Balaban J connectivity index is 1.96. The molecule has 0 aromatic carbocycles. The van der Waals surface area contributed by atoms with Gasteiger partial charge in [-0.2, -0.15) is 4.98 Å². The molecule has 1 atom stereocenters. The summed E-state index contributed by atoms with van der Waals surface area (Å²) in [6, 6.07) is 2.03. The normalized spacial score (nSPS) is 22.1. The van der Waals surface area contributed by atoms with Crippen molar-refractivity contribution in [3.8, 4) is 0 Å². The van der Waals surface area contributed by atoms with Crippen molar-refractivity contribution in [1.29, 1.82) is 0 Å². The minimum atomic E-state index is -0.978. The molecule has 0 bridgehead atoms. The predicted molar refractivity (Wildman–Crippen MR) is 85.7 cm³/mol. The van der Waals surface area contributed by atoms with Crippen LogP contribution in [0.5, 0.6) is 0 Å². The molecule has 3 rings (SSSR count). The van der Waals surface area contributed by atoms with E-state index < -0.39 is 5.97 Å². The second kappa shape index (κ2) is 6.50. The highest BCUT2D eigenvalue weighted by atomic mass is 16.4. The van der Waals surface area contributed by atoms with Gasteiger partial charge in [-0.15, -0.1) is 0 Å². The van der Waals surface area contributed by atoms with Crippen molar-refractivity contribution in [3.63, 3.8) is 0 Å². The molecule has 120 valence electrons. The first-order valence-electron chi connectivity index (χ1n) is 8.33. The quantitative estimate of drug-likeness (QED) is 0.922. The van der Waals surface area contributed by atoms with Crippen molar-refractivity contribution in [1.82, 2.24) is 9.97 Å². The van der Waals surface area contributed by atoms with Crippen LogP contribution >= 0.6 is 0 Å². The lowest BCUT2D eigenvalue weighted by molar-refractivity contribution is 0.0690. The minimum absolute atomic E-state index is 0.104. The Labute approximate surface area is 131 Å². The zero-order valence-corrected chi connectivity index (χ0v) is 13.2. The summed E-state index contributed by atoms with van der Waals surface area (Å²) in [4.78, 5) is 24.8. The SMILES string of the molecule is CCC1CCCCN1c1nc(C(=O)O)cc(N2CCCC2)n1. The molecule has 0 radical (unpaired) electrons. The van der Waals surface area contributed by atoms with Crippen LogP contribution in [0.1, 0.15) is 55.9 Å². The van der Waals surface area contributed by atoms with Crippen molar-refractivity contribution in [2.45, 2.75) is 51.5 Å². The number of hydrogen-bond acceptors (Lipinski definition) is 5. The van der Waals surface area contributed by atoms with Gasteiger partial charge in [-0.3, -0.25) is 0 Å². The summed E-state index contributed by atoms with van der Waals surface area (Å²) in [5, 5.41) is 9.37. The number of aromatic nitrogens is 2. The van der Waals surface area contributed by atoms with Crippen molar-refractivity contribution < 1.29 is 9.90 Å². The average Bonchev–Trinajstić information content (AvgIpc) is 3.09. The van der Waals surface area contributed by atoms with E-state index in [1.54, 1.807) is 6.07 Å². The number of aromatic carboxylic acids is 1. The fourth-order valence-electron chi connectivity index (χ4n) is 3.46. The highest BCUT2D eigenvalue weighted by Gasteiger charge is 2.26. The molecule has 2 saturated heterocycles. The number of carboxylic acids is 1.